The lowest BCUT2D eigenvalue weighted by Gasteiger charge is -2.43. The van der Waals surface area contributed by atoms with Crippen molar-refractivity contribution in [3.05, 3.63) is 58.5 Å². The molecule has 1 N–H and O–H groups in total. The Kier molecular flexibility index (Phi) is 4.56. The van der Waals surface area contributed by atoms with E-state index in [1.165, 1.54) is 15.0 Å². The number of carbonyl (C=O) groups excluding carboxylic acids is 1. The number of quaternary nitrogens is 1. The van der Waals surface area contributed by atoms with Crippen LogP contribution in [-0.2, 0) is 11.3 Å². The van der Waals surface area contributed by atoms with Gasteiger partial charge >= 0.3 is 0 Å². The van der Waals surface area contributed by atoms with E-state index in [4.69, 9.17) is 0 Å². The van der Waals surface area contributed by atoms with Gasteiger partial charge < -0.3 is 14.4 Å². The van der Waals surface area contributed by atoms with Crippen LogP contribution in [-0.4, -0.2) is 49.1 Å². The van der Waals surface area contributed by atoms with Gasteiger partial charge in [0.05, 0.1) is 14.1 Å². The number of nitrogens with one attached hydrogen (secondary N) is 1. The van der Waals surface area contributed by atoms with Gasteiger partial charge in [0, 0.05) is 52.5 Å². The number of benzene rings is 1. The number of nitrogens with zero attached hydrogens (tertiary/aromatic N) is 2. The first-order chi connectivity index (χ1) is 14.0. The van der Waals surface area contributed by atoms with E-state index in [-0.39, 0.29) is 17.4 Å². The predicted octanol–water partition coefficient (Wildman–Crippen LogP) is 1.82. The molecule has 0 saturated carbocycles. The van der Waals surface area contributed by atoms with E-state index in [0.717, 1.165) is 29.1 Å². The smallest absolute Gasteiger partial charge is 0.277 e. The Morgan fingerprint density at radius 1 is 1.14 bits per heavy atom. The molecule has 5 nitrogen and oxygen atoms in total. The zero-order valence-electron chi connectivity index (χ0n) is 16.9. The van der Waals surface area contributed by atoms with Crippen molar-refractivity contribution in [2.45, 2.75) is 18.9 Å². The average molecular weight is 409 g/mol. The van der Waals surface area contributed by atoms with E-state index in [1.807, 2.05) is 29.6 Å². The molecule has 2 aliphatic rings. The molecule has 2 aliphatic heterocycles. The van der Waals surface area contributed by atoms with Crippen molar-refractivity contribution < 1.29 is 9.69 Å². The molecule has 4 heterocycles. The minimum Gasteiger partial charge on any atom is -0.337 e. The highest BCUT2D eigenvalue weighted by Gasteiger charge is 2.38. The van der Waals surface area contributed by atoms with Crippen LogP contribution in [0.1, 0.15) is 18.0 Å². The monoisotopic (exact) mass is 408 g/mol. The molecule has 2 bridgehead atoms. The second-order valence-corrected chi connectivity index (χ2v) is 9.79. The van der Waals surface area contributed by atoms with E-state index >= 15 is 0 Å². The number of hydrogen-bond donors (Lipinski definition) is 1. The van der Waals surface area contributed by atoms with Crippen LogP contribution in [0.15, 0.2) is 47.3 Å². The number of aromatic nitrogens is 1. The third-order valence-corrected chi connectivity index (χ3v) is 7.29. The third kappa shape index (κ3) is 3.30. The lowest BCUT2D eigenvalue weighted by molar-refractivity contribution is -0.849. The fraction of sp³-hybridized carbons (Fsp3) is 0.391. The summed E-state index contributed by atoms with van der Waals surface area (Å²) < 4.78 is 3.24. The summed E-state index contributed by atoms with van der Waals surface area (Å²) in [7, 11) is 4.02. The van der Waals surface area contributed by atoms with Crippen molar-refractivity contribution in [3.8, 4) is 10.4 Å². The van der Waals surface area contributed by atoms with Crippen molar-refractivity contribution in [1.82, 2.24) is 9.47 Å². The number of likely N-dealkylation sites (tertiary alicyclic amines) is 1. The van der Waals surface area contributed by atoms with E-state index in [1.54, 1.807) is 17.4 Å². The molecule has 1 aromatic carbocycles. The molecule has 1 saturated heterocycles. The van der Waals surface area contributed by atoms with Crippen LogP contribution in [0.2, 0.25) is 0 Å². The summed E-state index contributed by atoms with van der Waals surface area (Å²) in [6.07, 6.45) is 1.06. The number of hydrogen-bond acceptors (Lipinski definition) is 3. The minimum atomic E-state index is 0.0806. The van der Waals surface area contributed by atoms with Gasteiger partial charge in [-0.3, -0.25) is 9.59 Å². The quantitative estimate of drug-likeness (QED) is 0.719. The first-order valence-electron chi connectivity index (χ1n) is 10.3. The van der Waals surface area contributed by atoms with Crippen LogP contribution >= 0.6 is 11.3 Å². The Labute approximate surface area is 174 Å². The minimum absolute atomic E-state index is 0.0806. The molecule has 6 heteroatoms. The maximum Gasteiger partial charge on any atom is 0.277 e. The molecule has 29 heavy (non-hydrogen) atoms. The number of pyridine rings is 1. The SMILES string of the molecule is C[NH+](C)CC(=O)N1C[C@@H]2C[C@H](C1)c1c(-c3cc4ccccc4s3)ccc(=O)n1C2. The maximum atomic E-state index is 12.7. The summed E-state index contributed by atoms with van der Waals surface area (Å²) in [6, 6.07) is 14.3. The second kappa shape index (κ2) is 7.11. The van der Waals surface area contributed by atoms with Gasteiger partial charge in [-0.2, -0.15) is 0 Å². The lowest BCUT2D eigenvalue weighted by Crippen LogP contribution is -3.07. The molecule has 2 aromatic heterocycles. The fourth-order valence-corrected chi connectivity index (χ4v) is 6.05. The van der Waals surface area contributed by atoms with E-state index in [2.05, 4.69) is 30.3 Å². The van der Waals surface area contributed by atoms with Crippen molar-refractivity contribution in [2.75, 3.05) is 33.7 Å². The van der Waals surface area contributed by atoms with E-state index in [0.29, 0.717) is 25.6 Å². The summed E-state index contributed by atoms with van der Waals surface area (Å²) in [4.78, 5) is 29.8. The number of likely N-dealkylation sites (N-methyl/N-ethyl adjacent to an activating group) is 1. The molecule has 0 aliphatic carbocycles. The highest BCUT2D eigenvalue weighted by molar-refractivity contribution is 7.22. The van der Waals surface area contributed by atoms with Crippen LogP contribution in [0, 0.1) is 5.92 Å². The topological polar surface area (TPSA) is 46.8 Å². The molecule has 150 valence electrons. The molecule has 2 atom stereocenters. The fourth-order valence-electron chi connectivity index (χ4n) is 4.96. The molecule has 0 spiro atoms. The van der Waals surface area contributed by atoms with Gasteiger partial charge in [0.2, 0.25) is 0 Å². The number of amides is 1. The number of piperidine rings is 1. The van der Waals surface area contributed by atoms with Gasteiger partial charge in [0.15, 0.2) is 6.54 Å². The van der Waals surface area contributed by atoms with Crippen LogP contribution in [0.5, 0.6) is 0 Å². The molecule has 5 rings (SSSR count). The van der Waals surface area contributed by atoms with Crippen LogP contribution < -0.4 is 10.5 Å². The van der Waals surface area contributed by atoms with E-state index in [9.17, 15) is 9.59 Å². The Balaban J connectivity index is 1.57. The number of thiophene rings is 1. The normalized spacial score (nSPS) is 20.9. The average Bonchev–Trinajstić information content (AvgIpc) is 3.12. The molecular weight excluding hydrogens is 382 g/mol. The lowest BCUT2D eigenvalue weighted by atomic mass is 9.81. The highest BCUT2D eigenvalue weighted by Crippen LogP contribution is 2.42. The Morgan fingerprint density at radius 2 is 1.97 bits per heavy atom. The van der Waals surface area contributed by atoms with Gasteiger partial charge in [-0.25, -0.2) is 0 Å². The zero-order valence-corrected chi connectivity index (χ0v) is 17.7. The summed E-state index contributed by atoms with van der Waals surface area (Å²) in [5.41, 5.74) is 2.36. The van der Waals surface area contributed by atoms with Gasteiger partial charge in [-0.15, -0.1) is 11.3 Å². The molecule has 3 aromatic rings. The van der Waals surface area contributed by atoms with Crippen LogP contribution in [0.4, 0.5) is 0 Å². The number of rotatable bonds is 3. The summed E-state index contributed by atoms with van der Waals surface area (Å²) in [6.45, 7) is 2.71. The number of carbonyl (C=O) groups is 1. The van der Waals surface area contributed by atoms with Gasteiger partial charge in [0.1, 0.15) is 0 Å². The van der Waals surface area contributed by atoms with Crippen molar-refractivity contribution in [1.29, 1.82) is 0 Å². The van der Waals surface area contributed by atoms with Gasteiger partial charge in [-0.1, -0.05) is 18.2 Å². The molecule has 0 radical (unpaired) electrons. The number of fused-ring (bicyclic) bond motifs is 5. The van der Waals surface area contributed by atoms with Gasteiger partial charge in [0.25, 0.3) is 11.5 Å². The standard InChI is InChI=1S/C23H25N3O2S/c1-24(2)14-22(28)25-11-15-9-17(13-25)23-18(7-8-21(27)26(23)12-15)20-10-16-5-3-4-6-19(16)29-20/h3-8,10,15,17H,9,11-14H2,1-2H3/p+1/t15-,17+/m0/s1. The van der Waals surface area contributed by atoms with Crippen molar-refractivity contribution in [3.63, 3.8) is 0 Å². The molecule has 0 unspecified atom stereocenters. The summed E-state index contributed by atoms with van der Waals surface area (Å²) in [5, 5.41) is 1.24. The maximum absolute atomic E-state index is 12.7. The van der Waals surface area contributed by atoms with E-state index < -0.39 is 0 Å². The Bertz CT molecular complexity index is 1110. The third-order valence-electron chi connectivity index (χ3n) is 6.14. The van der Waals surface area contributed by atoms with Crippen LogP contribution in [0.3, 0.4) is 0 Å². The molecule has 1 amide bonds. The Hall–Kier alpha value is -2.44. The van der Waals surface area contributed by atoms with Crippen molar-refractivity contribution in [2.24, 2.45) is 5.92 Å². The highest BCUT2D eigenvalue weighted by atomic mass is 32.1. The first kappa shape index (κ1) is 18.6. The van der Waals surface area contributed by atoms with Crippen molar-refractivity contribution >= 4 is 27.3 Å². The Morgan fingerprint density at radius 3 is 2.76 bits per heavy atom. The largest absolute Gasteiger partial charge is 0.337 e. The second-order valence-electron chi connectivity index (χ2n) is 8.71. The first-order valence-corrected chi connectivity index (χ1v) is 11.1. The zero-order chi connectivity index (χ0) is 20.1. The summed E-state index contributed by atoms with van der Waals surface area (Å²) >= 11 is 1.78. The summed E-state index contributed by atoms with van der Waals surface area (Å²) in [5.74, 6) is 0.797. The van der Waals surface area contributed by atoms with Crippen LogP contribution in [0.25, 0.3) is 20.5 Å². The predicted molar refractivity (Wildman–Crippen MR) is 117 cm³/mol. The molecule has 1 fully saturated rings. The van der Waals surface area contributed by atoms with Gasteiger partial charge in [-0.05, 0) is 35.9 Å². The molecular formula is C23H26N3O2S+.